The number of esters is 2. The number of carbonyl (C=O) groups is 3. The van der Waals surface area contributed by atoms with Crippen LogP contribution >= 0.6 is 0 Å². The van der Waals surface area contributed by atoms with Crippen LogP contribution in [-0.4, -0.2) is 43.0 Å². The molecule has 0 spiro atoms. The van der Waals surface area contributed by atoms with E-state index in [0.29, 0.717) is 5.56 Å². The highest BCUT2D eigenvalue weighted by Crippen LogP contribution is 2.30. The summed E-state index contributed by atoms with van der Waals surface area (Å²) in [5, 5.41) is 13.3. The highest BCUT2D eigenvalue weighted by atomic mass is 19.4. The van der Waals surface area contributed by atoms with Crippen LogP contribution in [0.4, 0.5) is 18.9 Å². The van der Waals surface area contributed by atoms with Crippen LogP contribution in [0.15, 0.2) is 48.5 Å². The summed E-state index contributed by atoms with van der Waals surface area (Å²) in [6.07, 6.45) is -5.47. The molecule has 0 aromatic heterocycles. The van der Waals surface area contributed by atoms with E-state index in [1.165, 1.54) is 30.3 Å². The molecule has 0 saturated carbocycles. The Hall–Kier alpha value is -3.96. The predicted octanol–water partition coefficient (Wildman–Crippen LogP) is 3.16. The monoisotopic (exact) mass is 482 g/mol. The van der Waals surface area contributed by atoms with Crippen molar-refractivity contribution < 1.29 is 42.0 Å². The van der Waals surface area contributed by atoms with Gasteiger partial charge >= 0.3 is 18.1 Å². The molecule has 0 radical (unpaired) electrons. The predicted molar refractivity (Wildman–Crippen MR) is 112 cm³/mol. The second-order valence-electron chi connectivity index (χ2n) is 7.18. The zero-order valence-electron chi connectivity index (χ0n) is 18.1. The van der Waals surface area contributed by atoms with E-state index in [-0.39, 0.29) is 11.3 Å². The summed E-state index contributed by atoms with van der Waals surface area (Å²) in [5.41, 5.74) is -0.818. The van der Waals surface area contributed by atoms with Crippen LogP contribution < -0.4 is 5.32 Å². The zero-order chi connectivity index (χ0) is 25.5. The molecular weight excluding hydrogens is 461 g/mol. The number of methoxy groups -OCH3 is 2. The van der Waals surface area contributed by atoms with Gasteiger partial charge in [-0.3, -0.25) is 19.7 Å². The normalized spacial score (nSPS) is 12.9. The van der Waals surface area contributed by atoms with Gasteiger partial charge in [0.15, 0.2) is 0 Å². The summed E-state index contributed by atoms with van der Waals surface area (Å²) >= 11 is 0. The fourth-order valence-electron chi connectivity index (χ4n) is 3.25. The number of amides is 1. The van der Waals surface area contributed by atoms with Gasteiger partial charge in [-0.25, -0.2) is 4.79 Å². The largest absolute Gasteiger partial charge is 0.469 e. The highest BCUT2D eigenvalue weighted by molar-refractivity contribution is 5.87. The lowest BCUT2D eigenvalue weighted by molar-refractivity contribution is -0.384. The number of nitro groups is 1. The van der Waals surface area contributed by atoms with E-state index in [1.807, 2.05) is 0 Å². The minimum atomic E-state index is -4.59. The lowest BCUT2D eigenvalue weighted by atomic mass is 9.88. The molecular formula is C22H21F3N2O7. The van der Waals surface area contributed by atoms with Gasteiger partial charge in [-0.15, -0.1) is 0 Å². The van der Waals surface area contributed by atoms with E-state index in [1.54, 1.807) is 0 Å². The van der Waals surface area contributed by atoms with E-state index in [2.05, 4.69) is 10.1 Å². The maximum absolute atomic E-state index is 12.9. The van der Waals surface area contributed by atoms with Crippen molar-refractivity contribution in [2.75, 3.05) is 14.2 Å². The van der Waals surface area contributed by atoms with Crippen molar-refractivity contribution in [2.24, 2.45) is 0 Å². The first kappa shape index (κ1) is 26.3. The minimum absolute atomic E-state index is 0.0517. The van der Waals surface area contributed by atoms with Crippen molar-refractivity contribution in [1.82, 2.24) is 5.32 Å². The van der Waals surface area contributed by atoms with E-state index < -0.39 is 59.3 Å². The lowest BCUT2D eigenvalue weighted by Crippen LogP contribution is -2.46. The maximum atomic E-state index is 12.9. The number of carbonyl (C=O) groups excluding carboxylic acids is 3. The molecule has 0 aliphatic carbocycles. The Bertz CT molecular complexity index is 1060. The number of ether oxygens (including phenoxy) is 2. The van der Waals surface area contributed by atoms with Crippen LogP contribution in [0.1, 0.15) is 29.0 Å². The number of alkyl halides is 3. The first-order valence-electron chi connectivity index (χ1n) is 9.80. The summed E-state index contributed by atoms with van der Waals surface area (Å²) in [5.74, 6) is -3.49. The van der Waals surface area contributed by atoms with Gasteiger partial charge in [0.25, 0.3) is 5.69 Å². The second kappa shape index (κ2) is 11.3. The Morgan fingerprint density at radius 1 is 1.06 bits per heavy atom. The molecule has 182 valence electrons. The van der Waals surface area contributed by atoms with Crippen LogP contribution in [-0.2, 0) is 36.5 Å². The number of non-ortho nitro benzene ring substituents is 1. The molecule has 2 rings (SSSR count). The Morgan fingerprint density at radius 2 is 1.71 bits per heavy atom. The molecule has 0 bridgehead atoms. The van der Waals surface area contributed by atoms with Gasteiger partial charge in [-0.2, -0.15) is 13.2 Å². The number of hydrogen-bond donors (Lipinski definition) is 1. The van der Waals surface area contributed by atoms with Crippen molar-refractivity contribution in [3.05, 3.63) is 75.3 Å². The summed E-state index contributed by atoms with van der Waals surface area (Å²) in [6, 6.07) is 7.70. The third kappa shape index (κ3) is 7.02. The van der Waals surface area contributed by atoms with Crippen molar-refractivity contribution in [1.29, 1.82) is 0 Å². The molecule has 0 fully saturated rings. The van der Waals surface area contributed by atoms with Crippen LogP contribution in [0.5, 0.6) is 0 Å². The smallest absolute Gasteiger partial charge is 0.416 e. The maximum Gasteiger partial charge on any atom is 0.416 e. The zero-order valence-corrected chi connectivity index (χ0v) is 18.1. The van der Waals surface area contributed by atoms with Crippen LogP contribution in [0.2, 0.25) is 0 Å². The van der Waals surface area contributed by atoms with E-state index in [0.717, 1.165) is 32.4 Å². The first-order chi connectivity index (χ1) is 16.0. The van der Waals surface area contributed by atoms with Gasteiger partial charge in [-0.1, -0.05) is 30.3 Å². The Labute approximate surface area is 192 Å². The average molecular weight is 482 g/mol. The quantitative estimate of drug-likeness (QED) is 0.331. The van der Waals surface area contributed by atoms with Gasteiger partial charge < -0.3 is 14.8 Å². The van der Waals surface area contributed by atoms with Crippen LogP contribution in [0, 0.1) is 10.1 Å². The van der Waals surface area contributed by atoms with Crippen molar-refractivity contribution in [3.8, 4) is 0 Å². The van der Waals surface area contributed by atoms with Crippen LogP contribution in [0.3, 0.4) is 0 Å². The number of nitro benzene ring substituents is 1. The summed E-state index contributed by atoms with van der Waals surface area (Å²) < 4.78 is 48.2. The molecule has 2 aromatic carbocycles. The molecule has 0 unspecified atom stereocenters. The van der Waals surface area contributed by atoms with Gasteiger partial charge in [-0.05, 0) is 17.2 Å². The molecule has 12 heteroatoms. The second-order valence-corrected chi connectivity index (χ2v) is 7.18. The van der Waals surface area contributed by atoms with E-state index >= 15 is 0 Å². The third-order valence-electron chi connectivity index (χ3n) is 4.94. The molecule has 34 heavy (non-hydrogen) atoms. The van der Waals surface area contributed by atoms with Crippen LogP contribution in [0.25, 0.3) is 0 Å². The molecule has 0 saturated heterocycles. The van der Waals surface area contributed by atoms with E-state index in [4.69, 9.17) is 4.74 Å². The third-order valence-corrected chi connectivity index (χ3v) is 4.94. The number of nitrogens with zero attached hydrogens (tertiary/aromatic N) is 1. The molecule has 0 aliphatic rings. The van der Waals surface area contributed by atoms with E-state index in [9.17, 15) is 37.7 Å². The molecule has 1 N–H and O–H groups in total. The van der Waals surface area contributed by atoms with Gasteiger partial charge in [0.2, 0.25) is 5.91 Å². The lowest BCUT2D eigenvalue weighted by Gasteiger charge is -2.26. The summed E-state index contributed by atoms with van der Waals surface area (Å²) in [7, 11) is 2.17. The fraction of sp³-hybridized carbons (Fsp3) is 0.318. The molecule has 1 amide bonds. The molecule has 2 aromatic rings. The number of nitrogens with one attached hydrogen (secondary N) is 1. The standard InChI is InChI=1S/C22H21F3N2O7/c1-33-19(29)12-17(14-6-8-16(9-7-14)27(31)32)20(21(30)34-2)26-18(28)11-13-4-3-5-15(10-13)22(23,24)25/h3-10,17,20H,11-12H2,1-2H3,(H,26,28)/t17-,20+/m1/s1. The van der Waals surface area contributed by atoms with Gasteiger partial charge in [0, 0.05) is 18.1 Å². The SMILES string of the molecule is COC(=O)C[C@H](c1ccc([N+](=O)[O-])cc1)[C@H](NC(=O)Cc1cccc(C(F)(F)F)c1)C(=O)OC. The first-order valence-corrected chi connectivity index (χ1v) is 9.80. The fourth-order valence-corrected chi connectivity index (χ4v) is 3.25. The highest BCUT2D eigenvalue weighted by Gasteiger charge is 2.35. The topological polar surface area (TPSA) is 125 Å². The molecule has 0 aliphatic heterocycles. The number of benzene rings is 2. The Balaban J connectivity index is 2.34. The number of hydrogen-bond acceptors (Lipinski definition) is 7. The number of rotatable bonds is 9. The Kier molecular flexibility index (Phi) is 8.70. The summed E-state index contributed by atoms with van der Waals surface area (Å²) in [6.45, 7) is 0. The molecule has 0 heterocycles. The summed E-state index contributed by atoms with van der Waals surface area (Å²) in [4.78, 5) is 47.4. The van der Waals surface area contributed by atoms with Gasteiger partial charge in [0.05, 0.1) is 37.5 Å². The number of halogens is 3. The molecule has 9 nitrogen and oxygen atoms in total. The minimum Gasteiger partial charge on any atom is -0.469 e. The van der Waals surface area contributed by atoms with Crippen molar-refractivity contribution in [2.45, 2.75) is 31.0 Å². The van der Waals surface area contributed by atoms with Gasteiger partial charge in [0.1, 0.15) is 6.04 Å². The average Bonchev–Trinajstić information content (AvgIpc) is 2.80. The Morgan fingerprint density at radius 3 is 2.24 bits per heavy atom. The van der Waals surface area contributed by atoms with Crippen molar-refractivity contribution in [3.63, 3.8) is 0 Å². The van der Waals surface area contributed by atoms with Crippen molar-refractivity contribution >= 4 is 23.5 Å². The molecule has 2 atom stereocenters.